The van der Waals surface area contributed by atoms with Crippen molar-refractivity contribution in [1.82, 2.24) is 9.55 Å². The quantitative estimate of drug-likeness (QED) is 0.876. The minimum Gasteiger partial charge on any atom is -0.508 e. The topological polar surface area (TPSA) is 84.6 Å². The Hall–Kier alpha value is -2.50. The number of carbonyl (C=O) groups is 1. The number of imidazole rings is 1. The van der Waals surface area contributed by atoms with Crippen molar-refractivity contribution in [2.24, 2.45) is 0 Å². The number of phenols is 1. The maximum Gasteiger partial charge on any atom is 0.356 e. The molecule has 6 heteroatoms. The first kappa shape index (κ1) is 13.9. The number of hydrogen-bond acceptors (Lipinski definition) is 4. The molecule has 2 aromatic rings. The average Bonchev–Trinajstić information content (AvgIpc) is 2.82. The molecule has 2 N–H and O–H groups in total. The zero-order valence-corrected chi connectivity index (χ0v) is 11.3. The summed E-state index contributed by atoms with van der Waals surface area (Å²) in [5.74, 6) is 0.230. The Balaban J connectivity index is 2.15. The summed E-state index contributed by atoms with van der Waals surface area (Å²) in [7, 11) is 0. The molecule has 2 rings (SSSR count). The Morgan fingerprint density at radius 3 is 2.55 bits per heavy atom. The number of aromatic nitrogens is 2. The first-order chi connectivity index (χ1) is 9.47. The molecule has 1 aromatic carbocycles. The van der Waals surface area contributed by atoms with Gasteiger partial charge >= 0.3 is 5.97 Å². The van der Waals surface area contributed by atoms with Gasteiger partial charge in [0.2, 0.25) is 0 Å². The van der Waals surface area contributed by atoms with Crippen LogP contribution >= 0.6 is 0 Å². The van der Waals surface area contributed by atoms with Gasteiger partial charge < -0.3 is 19.5 Å². The van der Waals surface area contributed by atoms with E-state index in [1.54, 1.807) is 16.7 Å². The van der Waals surface area contributed by atoms with Crippen molar-refractivity contribution in [1.29, 1.82) is 0 Å². The van der Waals surface area contributed by atoms with Crippen LogP contribution in [-0.2, 0) is 6.61 Å². The molecule has 20 heavy (non-hydrogen) atoms. The highest BCUT2D eigenvalue weighted by Gasteiger charge is 2.15. The summed E-state index contributed by atoms with van der Waals surface area (Å²) in [6.07, 6.45) is 1.50. The first-order valence-corrected chi connectivity index (χ1v) is 6.20. The van der Waals surface area contributed by atoms with Crippen molar-refractivity contribution in [2.45, 2.75) is 26.5 Å². The number of aromatic hydroxyl groups is 1. The molecule has 0 aliphatic carbocycles. The van der Waals surface area contributed by atoms with Crippen molar-refractivity contribution >= 4 is 5.97 Å². The van der Waals surface area contributed by atoms with E-state index >= 15 is 0 Å². The standard InChI is InChI=1S/C14H16N2O4/c1-9(2)16-7-12(14(18)19)15-13(16)8-20-11-5-3-10(17)4-6-11/h3-7,9,17H,8H2,1-2H3,(H,18,19). The predicted molar refractivity (Wildman–Crippen MR) is 72.0 cm³/mol. The summed E-state index contributed by atoms with van der Waals surface area (Å²) < 4.78 is 7.31. The highest BCUT2D eigenvalue weighted by molar-refractivity contribution is 5.85. The number of ether oxygens (including phenoxy) is 1. The van der Waals surface area contributed by atoms with E-state index in [-0.39, 0.29) is 24.1 Å². The van der Waals surface area contributed by atoms with Gasteiger partial charge in [0, 0.05) is 12.2 Å². The Morgan fingerprint density at radius 1 is 1.35 bits per heavy atom. The predicted octanol–water partition coefficient (Wildman–Crippen LogP) is 2.45. The van der Waals surface area contributed by atoms with Crippen molar-refractivity contribution in [2.75, 3.05) is 0 Å². The third-order valence-corrected chi connectivity index (χ3v) is 2.79. The van der Waals surface area contributed by atoms with E-state index in [1.165, 1.54) is 18.3 Å². The maximum absolute atomic E-state index is 11.0. The third kappa shape index (κ3) is 3.09. The molecule has 0 amide bonds. The number of phenolic OH excluding ortho intramolecular Hbond substituents is 1. The van der Waals surface area contributed by atoms with Crippen molar-refractivity contribution < 1.29 is 19.7 Å². The normalized spacial score (nSPS) is 10.8. The number of nitrogens with zero attached hydrogens (tertiary/aromatic N) is 2. The molecule has 1 heterocycles. The van der Waals surface area contributed by atoms with Crippen LogP contribution in [0.15, 0.2) is 30.5 Å². The lowest BCUT2D eigenvalue weighted by Gasteiger charge is -2.12. The van der Waals surface area contributed by atoms with Gasteiger partial charge in [-0.2, -0.15) is 0 Å². The van der Waals surface area contributed by atoms with Crippen LogP contribution in [0.2, 0.25) is 0 Å². The molecular weight excluding hydrogens is 260 g/mol. The van der Waals surface area contributed by atoms with E-state index in [0.29, 0.717) is 11.6 Å². The van der Waals surface area contributed by atoms with Gasteiger partial charge in [0.25, 0.3) is 0 Å². The first-order valence-electron chi connectivity index (χ1n) is 6.20. The van der Waals surface area contributed by atoms with Gasteiger partial charge in [0.05, 0.1) is 0 Å². The average molecular weight is 276 g/mol. The van der Waals surface area contributed by atoms with Crippen LogP contribution in [0.5, 0.6) is 11.5 Å². The Labute approximate surface area is 116 Å². The molecule has 0 radical (unpaired) electrons. The summed E-state index contributed by atoms with van der Waals surface area (Å²) in [4.78, 5) is 15.0. The van der Waals surface area contributed by atoms with E-state index in [1.807, 2.05) is 13.8 Å². The van der Waals surface area contributed by atoms with Crippen LogP contribution < -0.4 is 4.74 Å². The largest absolute Gasteiger partial charge is 0.508 e. The van der Waals surface area contributed by atoms with Gasteiger partial charge in [-0.15, -0.1) is 0 Å². The Morgan fingerprint density at radius 2 is 2.00 bits per heavy atom. The van der Waals surface area contributed by atoms with E-state index < -0.39 is 5.97 Å². The molecule has 0 saturated carbocycles. The van der Waals surface area contributed by atoms with Gasteiger partial charge in [-0.05, 0) is 38.1 Å². The summed E-state index contributed by atoms with van der Waals surface area (Å²) in [5, 5.41) is 18.2. The minimum absolute atomic E-state index is 0.00278. The molecule has 6 nitrogen and oxygen atoms in total. The van der Waals surface area contributed by atoms with E-state index in [4.69, 9.17) is 9.84 Å². The number of hydrogen-bond donors (Lipinski definition) is 2. The summed E-state index contributed by atoms with van der Waals surface area (Å²) in [6, 6.07) is 6.40. The lowest BCUT2D eigenvalue weighted by molar-refractivity contribution is 0.0690. The van der Waals surface area contributed by atoms with Crippen LogP contribution in [0.25, 0.3) is 0 Å². The molecule has 0 spiro atoms. The Bertz CT molecular complexity index is 602. The fraction of sp³-hybridized carbons (Fsp3) is 0.286. The number of rotatable bonds is 5. The molecular formula is C14H16N2O4. The molecule has 0 aliphatic rings. The van der Waals surface area contributed by atoms with Crippen LogP contribution in [0.3, 0.4) is 0 Å². The Kier molecular flexibility index (Phi) is 3.93. The van der Waals surface area contributed by atoms with Gasteiger partial charge in [0.15, 0.2) is 5.69 Å². The fourth-order valence-corrected chi connectivity index (χ4v) is 1.78. The molecule has 0 fully saturated rings. The maximum atomic E-state index is 11.0. The SMILES string of the molecule is CC(C)n1cc(C(=O)O)nc1COc1ccc(O)cc1. The van der Waals surface area contributed by atoms with Gasteiger partial charge in [-0.1, -0.05) is 0 Å². The minimum atomic E-state index is -1.06. The van der Waals surface area contributed by atoms with E-state index in [0.717, 1.165) is 0 Å². The van der Waals surface area contributed by atoms with Gasteiger partial charge in [-0.3, -0.25) is 0 Å². The molecule has 106 valence electrons. The lowest BCUT2D eigenvalue weighted by atomic mass is 10.3. The molecule has 0 aliphatic heterocycles. The van der Waals surface area contributed by atoms with Crippen molar-refractivity contribution in [3.63, 3.8) is 0 Å². The van der Waals surface area contributed by atoms with Crippen LogP contribution in [-0.4, -0.2) is 25.7 Å². The smallest absolute Gasteiger partial charge is 0.356 e. The third-order valence-electron chi connectivity index (χ3n) is 2.79. The second kappa shape index (κ2) is 5.64. The summed E-state index contributed by atoms with van der Waals surface area (Å²) >= 11 is 0. The van der Waals surface area contributed by atoms with Gasteiger partial charge in [-0.25, -0.2) is 9.78 Å². The highest BCUT2D eigenvalue weighted by atomic mass is 16.5. The second-order valence-corrected chi connectivity index (χ2v) is 4.63. The zero-order chi connectivity index (χ0) is 14.7. The van der Waals surface area contributed by atoms with Crippen molar-refractivity contribution in [3.05, 3.63) is 42.0 Å². The fourth-order valence-electron chi connectivity index (χ4n) is 1.78. The molecule has 0 atom stereocenters. The summed E-state index contributed by atoms with van der Waals surface area (Å²) in [6.45, 7) is 4.05. The lowest BCUT2D eigenvalue weighted by Crippen LogP contribution is -2.08. The highest BCUT2D eigenvalue weighted by Crippen LogP contribution is 2.18. The van der Waals surface area contributed by atoms with Crippen LogP contribution in [0.4, 0.5) is 0 Å². The molecule has 1 aromatic heterocycles. The molecule has 0 saturated heterocycles. The van der Waals surface area contributed by atoms with E-state index in [9.17, 15) is 9.90 Å². The van der Waals surface area contributed by atoms with E-state index in [2.05, 4.69) is 4.98 Å². The monoisotopic (exact) mass is 276 g/mol. The second-order valence-electron chi connectivity index (χ2n) is 4.63. The van der Waals surface area contributed by atoms with Crippen molar-refractivity contribution in [3.8, 4) is 11.5 Å². The number of carboxylic acid groups (broad SMARTS) is 1. The number of benzene rings is 1. The molecule has 0 bridgehead atoms. The molecule has 0 unspecified atom stereocenters. The van der Waals surface area contributed by atoms with Crippen LogP contribution in [0.1, 0.15) is 36.2 Å². The number of aromatic carboxylic acids is 1. The van der Waals surface area contributed by atoms with Gasteiger partial charge in [0.1, 0.15) is 23.9 Å². The number of carboxylic acids is 1. The zero-order valence-electron chi connectivity index (χ0n) is 11.3. The van der Waals surface area contributed by atoms with Crippen LogP contribution in [0, 0.1) is 0 Å². The summed E-state index contributed by atoms with van der Waals surface area (Å²) in [5.41, 5.74) is 0.00278.